The first-order valence-electron chi connectivity index (χ1n) is 5.97. The van der Waals surface area contributed by atoms with E-state index < -0.39 is 12.1 Å². The number of hydrogen-bond donors (Lipinski definition) is 2. The van der Waals surface area contributed by atoms with Crippen LogP contribution in [0.4, 0.5) is 4.79 Å². The maximum Gasteiger partial charge on any atom is 0.407 e. The number of hydrogen-bond acceptors (Lipinski definition) is 3. The third kappa shape index (κ3) is 5.72. The first kappa shape index (κ1) is 14.8. The van der Waals surface area contributed by atoms with Crippen molar-refractivity contribution in [3.63, 3.8) is 0 Å². The number of carbonyl (C=O) groups excluding carboxylic acids is 1. The van der Waals surface area contributed by atoms with Gasteiger partial charge in [-0.2, -0.15) is 0 Å². The second kappa shape index (κ2) is 7.92. The monoisotopic (exact) mass is 263 g/mol. The minimum absolute atomic E-state index is 0.187. The molecule has 5 nitrogen and oxygen atoms in total. The molecule has 1 aromatic carbocycles. The lowest BCUT2D eigenvalue weighted by atomic mass is 10.1. The van der Waals surface area contributed by atoms with Crippen LogP contribution in [0.1, 0.15) is 22.3 Å². The molecular weight excluding hydrogens is 246 g/mol. The van der Waals surface area contributed by atoms with Crippen molar-refractivity contribution in [1.82, 2.24) is 5.32 Å². The fourth-order valence-corrected chi connectivity index (χ4v) is 1.53. The lowest BCUT2D eigenvalue weighted by molar-refractivity contribution is 0.0696. The molecule has 0 spiro atoms. The highest BCUT2D eigenvalue weighted by atomic mass is 16.5. The van der Waals surface area contributed by atoms with Crippen LogP contribution >= 0.6 is 0 Å². The van der Waals surface area contributed by atoms with Gasteiger partial charge in [0.1, 0.15) is 6.61 Å². The van der Waals surface area contributed by atoms with Gasteiger partial charge in [-0.25, -0.2) is 9.59 Å². The van der Waals surface area contributed by atoms with Crippen molar-refractivity contribution in [2.24, 2.45) is 0 Å². The van der Waals surface area contributed by atoms with Crippen LogP contribution in [0.25, 0.3) is 0 Å². The Labute approximate surface area is 111 Å². The van der Waals surface area contributed by atoms with Gasteiger partial charge in [-0.05, 0) is 30.5 Å². The molecule has 0 aliphatic carbocycles. The average molecular weight is 263 g/mol. The number of ether oxygens (including phenoxy) is 1. The Bertz CT molecular complexity index is 457. The Morgan fingerprint density at radius 3 is 2.89 bits per heavy atom. The van der Waals surface area contributed by atoms with Gasteiger partial charge in [-0.3, -0.25) is 0 Å². The Morgan fingerprint density at radius 2 is 2.21 bits per heavy atom. The first-order valence-corrected chi connectivity index (χ1v) is 5.97. The van der Waals surface area contributed by atoms with Crippen LogP contribution in [-0.4, -0.2) is 30.3 Å². The van der Waals surface area contributed by atoms with Crippen LogP contribution in [0.3, 0.4) is 0 Å². The van der Waals surface area contributed by atoms with E-state index in [1.165, 1.54) is 6.08 Å². The molecule has 0 aliphatic rings. The average Bonchev–Trinajstić information content (AvgIpc) is 2.41. The summed E-state index contributed by atoms with van der Waals surface area (Å²) in [7, 11) is 0. The molecule has 1 rings (SSSR count). The maximum atomic E-state index is 11.1. The molecule has 0 fully saturated rings. The lowest BCUT2D eigenvalue weighted by Gasteiger charge is -2.05. The van der Waals surface area contributed by atoms with Gasteiger partial charge >= 0.3 is 12.1 Å². The highest BCUT2D eigenvalue weighted by molar-refractivity contribution is 5.87. The molecule has 0 aromatic heterocycles. The number of amides is 1. The zero-order valence-corrected chi connectivity index (χ0v) is 10.6. The predicted molar refractivity (Wildman–Crippen MR) is 71.3 cm³/mol. The Morgan fingerprint density at radius 1 is 1.42 bits per heavy atom. The number of carboxylic acid groups (broad SMARTS) is 1. The van der Waals surface area contributed by atoms with E-state index in [-0.39, 0.29) is 12.2 Å². The van der Waals surface area contributed by atoms with Gasteiger partial charge in [0.15, 0.2) is 0 Å². The largest absolute Gasteiger partial charge is 0.478 e. The third-order valence-electron chi connectivity index (χ3n) is 2.42. The molecule has 0 aliphatic heterocycles. The van der Waals surface area contributed by atoms with Crippen LogP contribution in [0.5, 0.6) is 0 Å². The molecule has 0 unspecified atom stereocenters. The van der Waals surface area contributed by atoms with Crippen LogP contribution in [-0.2, 0) is 11.2 Å². The van der Waals surface area contributed by atoms with Crippen LogP contribution in [0.15, 0.2) is 36.9 Å². The van der Waals surface area contributed by atoms with Gasteiger partial charge in [-0.15, -0.1) is 0 Å². The summed E-state index contributed by atoms with van der Waals surface area (Å²) in [5.74, 6) is -0.937. The quantitative estimate of drug-likeness (QED) is 0.584. The summed E-state index contributed by atoms with van der Waals surface area (Å²) in [6, 6.07) is 6.77. The maximum absolute atomic E-state index is 11.1. The van der Waals surface area contributed by atoms with Gasteiger partial charge in [0.05, 0.1) is 5.56 Å². The second-order valence-corrected chi connectivity index (χ2v) is 3.92. The molecule has 1 aromatic rings. The van der Waals surface area contributed by atoms with Crippen molar-refractivity contribution in [3.05, 3.63) is 48.0 Å². The second-order valence-electron chi connectivity index (χ2n) is 3.92. The summed E-state index contributed by atoms with van der Waals surface area (Å²) in [6.45, 7) is 4.10. The molecule has 19 heavy (non-hydrogen) atoms. The molecule has 0 saturated heterocycles. The normalized spacial score (nSPS) is 9.68. The number of aromatic carboxylic acids is 1. The van der Waals surface area contributed by atoms with Gasteiger partial charge in [0.2, 0.25) is 0 Å². The van der Waals surface area contributed by atoms with Crippen molar-refractivity contribution in [2.45, 2.75) is 12.8 Å². The van der Waals surface area contributed by atoms with E-state index in [1.54, 1.807) is 18.2 Å². The highest BCUT2D eigenvalue weighted by Gasteiger charge is 2.03. The van der Waals surface area contributed by atoms with Crippen molar-refractivity contribution < 1.29 is 19.4 Å². The summed E-state index contributed by atoms with van der Waals surface area (Å²) in [5.41, 5.74) is 1.21. The number of rotatable bonds is 7. The number of carboxylic acids is 1. The van der Waals surface area contributed by atoms with Crippen LogP contribution < -0.4 is 5.32 Å². The van der Waals surface area contributed by atoms with Crippen LogP contribution in [0, 0.1) is 0 Å². The number of alkyl carbamates (subject to hydrolysis) is 1. The van der Waals surface area contributed by atoms with E-state index in [2.05, 4.69) is 11.9 Å². The number of carbonyl (C=O) groups is 2. The molecule has 2 N–H and O–H groups in total. The molecule has 0 atom stereocenters. The van der Waals surface area contributed by atoms with E-state index in [1.807, 2.05) is 6.07 Å². The fraction of sp³-hybridized carbons (Fsp3) is 0.286. The SMILES string of the molecule is C=CCOC(=O)NCCCc1cccc(C(=O)O)c1. The highest BCUT2D eigenvalue weighted by Crippen LogP contribution is 2.07. The molecule has 0 bridgehead atoms. The number of benzene rings is 1. The van der Waals surface area contributed by atoms with Crippen molar-refractivity contribution in [1.29, 1.82) is 0 Å². The zero-order chi connectivity index (χ0) is 14.1. The Kier molecular flexibility index (Phi) is 6.15. The van der Waals surface area contributed by atoms with Gasteiger partial charge in [0.25, 0.3) is 0 Å². The number of aryl methyl sites for hydroxylation is 1. The lowest BCUT2D eigenvalue weighted by Crippen LogP contribution is -2.25. The van der Waals surface area contributed by atoms with Crippen LogP contribution in [0.2, 0.25) is 0 Å². The smallest absolute Gasteiger partial charge is 0.407 e. The fourth-order valence-electron chi connectivity index (χ4n) is 1.53. The van der Waals surface area contributed by atoms with Gasteiger partial charge in [0, 0.05) is 6.54 Å². The molecule has 0 heterocycles. The standard InChI is InChI=1S/C14H17NO4/c1-2-9-19-14(18)15-8-4-6-11-5-3-7-12(10-11)13(16)17/h2-3,5,7,10H,1,4,6,8-9H2,(H,15,18)(H,16,17). The minimum Gasteiger partial charge on any atom is -0.478 e. The minimum atomic E-state index is -0.937. The summed E-state index contributed by atoms with van der Waals surface area (Å²) < 4.78 is 4.75. The van der Waals surface area contributed by atoms with E-state index >= 15 is 0 Å². The summed E-state index contributed by atoms with van der Waals surface area (Å²) >= 11 is 0. The Balaban J connectivity index is 2.29. The third-order valence-corrected chi connectivity index (χ3v) is 2.42. The molecule has 5 heteroatoms. The molecule has 1 amide bonds. The summed E-state index contributed by atoms with van der Waals surface area (Å²) in [4.78, 5) is 21.9. The number of nitrogens with one attached hydrogen (secondary N) is 1. The molecule has 0 saturated carbocycles. The summed E-state index contributed by atoms with van der Waals surface area (Å²) in [5, 5.41) is 11.5. The summed E-state index contributed by atoms with van der Waals surface area (Å²) in [6.07, 6.45) is 2.44. The predicted octanol–water partition coefficient (Wildman–Crippen LogP) is 2.23. The molecule has 0 radical (unpaired) electrons. The molecule has 102 valence electrons. The first-order chi connectivity index (χ1) is 9.13. The van der Waals surface area contributed by atoms with E-state index in [0.717, 1.165) is 5.56 Å². The van der Waals surface area contributed by atoms with E-state index in [4.69, 9.17) is 9.84 Å². The topological polar surface area (TPSA) is 75.6 Å². The van der Waals surface area contributed by atoms with E-state index in [0.29, 0.717) is 19.4 Å². The Hall–Kier alpha value is -2.30. The van der Waals surface area contributed by atoms with Gasteiger partial charge in [-0.1, -0.05) is 24.8 Å². The van der Waals surface area contributed by atoms with Crippen molar-refractivity contribution in [3.8, 4) is 0 Å². The van der Waals surface area contributed by atoms with Gasteiger partial charge < -0.3 is 15.2 Å². The van der Waals surface area contributed by atoms with E-state index in [9.17, 15) is 9.59 Å². The zero-order valence-electron chi connectivity index (χ0n) is 10.6. The van der Waals surface area contributed by atoms with Crippen molar-refractivity contribution >= 4 is 12.1 Å². The molecular formula is C14H17NO4. The van der Waals surface area contributed by atoms with Crippen molar-refractivity contribution in [2.75, 3.05) is 13.2 Å².